The molecule has 0 bridgehead atoms. The third kappa shape index (κ3) is 8.93. The highest BCUT2D eigenvalue weighted by atomic mass is 16.3. The Morgan fingerprint density at radius 2 is 1.39 bits per heavy atom. The quantitative estimate of drug-likeness (QED) is 0.302. The zero-order valence-corrected chi connectivity index (χ0v) is 22.8. The van der Waals surface area contributed by atoms with Crippen LogP contribution in [-0.2, 0) is 9.59 Å². The van der Waals surface area contributed by atoms with Gasteiger partial charge < -0.3 is 26.0 Å². The van der Waals surface area contributed by atoms with Crippen LogP contribution < -0.4 is 10.6 Å². The topological polar surface area (TPSA) is 119 Å². The van der Waals surface area contributed by atoms with Crippen LogP contribution in [-0.4, -0.2) is 45.4 Å². The maximum absolute atomic E-state index is 13.3. The van der Waals surface area contributed by atoms with Crippen LogP contribution in [0.25, 0.3) is 0 Å². The number of hydrogen-bond donors (Lipinski definition) is 5. The fourth-order valence-corrected chi connectivity index (χ4v) is 5.27. The molecule has 1 aliphatic rings. The second-order valence-corrected chi connectivity index (χ2v) is 11.8. The second-order valence-electron chi connectivity index (χ2n) is 11.8. The van der Waals surface area contributed by atoms with Gasteiger partial charge in [0.25, 0.3) is 5.91 Å². The Morgan fingerprint density at radius 1 is 0.842 bits per heavy atom. The van der Waals surface area contributed by atoms with Crippen LogP contribution in [0.3, 0.4) is 0 Å². The average molecular weight is 525 g/mol. The molecule has 2 aromatic carbocycles. The summed E-state index contributed by atoms with van der Waals surface area (Å²) in [6, 6.07) is 16.4. The van der Waals surface area contributed by atoms with Gasteiger partial charge in [0, 0.05) is 6.42 Å². The minimum absolute atomic E-state index is 0.216. The summed E-state index contributed by atoms with van der Waals surface area (Å²) >= 11 is 0. The summed E-state index contributed by atoms with van der Waals surface area (Å²) < 4.78 is 0. The van der Waals surface area contributed by atoms with Gasteiger partial charge in [0.1, 0.15) is 12.2 Å². The van der Waals surface area contributed by atoms with Gasteiger partial charge in [-0.3, -0.25) is 9.59 Å². The molecule has 1 saturated carbocycles. The van der Waals surface area contributed by atoms with E-state index < -0.39 is 36.3 Å². The first-order valence-electron chi connectivity index (χ1n) is 13.8. The molecule has 5 N–H and O–H groups in total. The van der Waals surface area contributed by atoms with Crippen molar-refractivity contribution in [1.82, 2.24) is 10.6 Å². The molecule has 1 fully saturated rings. The summed E-state index contributed by atoms with van der Waals surface area (Å²) in [5, 5.41) is 39.0. The van der Waals surface area contributed by atoms with E-state index in [0.29, 0.717) is 23.5 Å². The first kappa shape index (κ1) is 29.8. The average Bonchev–Trinajstić information content (AvgIpc) is 2.90. The monoisotopic (exact) mass is 524 g/mol. The second kappa shape index (κ2) is 13.9. The van der Waals surface area contributed by atoms with Crippen LogP contribution >= 0.6 is 0 Å². The number of aliphatic hydroxyl groups excluding tert-OH is 3. The lowest BCUT2D eigenvalue weighted by Gasteiger charge is -2.33. The van der Waals surface area contributed by atoms with Crippen LogP contribution in [0.5, 0.6) is 0 Å². The molecule has 0 spiro atoms. The van der Waals surface area contributed by atoms with Crippen LogP contribution in [0.2, 0.25) is 0 Å². The van der Waals surface area contributed by atoms with E-state index in [4.69, 9.17) is 0 Å². The van der Waals surface area contributed by atoms with E-state index >= 15 is 0 Å². The first-order chi connectivity index (χ1) is 18.0. The van der Waals surface area contributed by atoms with Crippen molar-refractivity contribution >= 4 is 11.8 Å². The van der Waals surface area contributed by atoms with E-state index in [2.05, 4.69) is 10.6 Å². The molecule has 0 heterocycles. The Hall–Kier alpha value is -2.74. The van der Waals surface area contributed by atoms with Crippen LogP contribution in [0, 0.1) is 11.3 Å². The Balaban J connectivity index is 1.77. The minimum Gasteiger partial charge on any atom is -0.388 e. The summed E-state index contributed by atoms with van der Waals surface area (Å²) in [6.45, 7) is 5.88. The maximum atomic E-state index is 13.3. The van der Waals surface area contributed by atoms with E-state index in [-0.39, 0.29) is 17.7 Å². The molecule has 0 saturated heterocycles. The number of carbonyl (C=O) groups is 2. The molecule has 7 heteroatoms. The predicted octanol–water partition coefficient (Wildman–Crippen LogP) is 4.19. The van der Waals surface area contributed by atoms with Crippen molar-refractivity contribution in [2.45, 2.75) is 96.1 Å². The van der Waals surface area contributed by atoms with Gasteiger partial charge >= 0.3 is 0 Å². The van der Waals surface area contributed by atoms with E-state index in [1.165, 1.54) is 6.42 Å². The standard InChI is InChI=1S/C31H44N2O5/c1-31(2,3)20-25(34)32-24(19-21-13-7-4-8-14-21)28(36)29(37)30(38)33-26(22-15-9-5-10-16-22)27(35)23-17-11-6-12-18-23/h5-6,9-12,15-18,21,24,26-29,35-37H,4,7-8,13-14,19-20H2,1-3H3,(H,32,34)(H,33,38)/t24-,26-,27+,28-,29+/m0/s1. The highest BCUT2D eigenvalue weighted by molar-refractivity contribution is 5.82. The van der Waals surface area contributed by atoms with Crippen molar-refractivity contribution in [1.29, 1.82) is 0 Å². The molecule has 5 atom stereocenters. The lowest BCUT2D eigenvalue weighted by atomic mass is 9.82. The van der Waals surface area contributed by atoms with Gasteiger partial charge in [-0.25, -0.2) is 0 Å². The molecular formula is C31H44N2O5. The van der Waals surface area contributed by atoms with Gasteiger partial charge in [0.15, 0.2) is 6.10 Å². The lowest BCUT2D eigenvalue weighted by molar-refractivity contribution is -0.140. The molecule has 38 heavy (non-hydrogen) atoms. The Bertz CT molecular complexity index is 1000. The number of nitrogens with one attached hydrogen (secondary N) is 2. The summed E-state index contributed by atoms with van der Waals surface area (Å²) in [4.78, 5) is 26.0. The molecule has 2 aromatic rings. The summed E-state index contributed by atoms with van der Waals surface area (Å²) in [7, 11) is 0. The van der Waals surface area contributed by atoms with E-state index in [0.717, 1.165) is 25.7 Å². The number of carbonyl (C=O) groups excluding carboxylic acids is 2. The molecular weight excluding hydrogens is 480 g/mol. The lowest BCUT2D eigenvalue weighted by Crippen LogP contribution is -2.54. The highest BCUT2D eigenvalue weighted by Gasteiger charge is 2.36. The number of rotatable bonds is 11. The van der Waals surface area contributed by atoms with Crippen LogP contribution in [0.4, 0.5) is 0 Å². The fraction of sp³-hybridized carbons (Fsp3) is 0.548. The van der Waals surface area contributed by atoms with Crippen molar-refractivity contribution in [3.8, 4) is 0 Å². The van der Waals surface area contributed by atoms with Gasteiger partial charge in [-0.1, -0.05) is 114 Å². The number of hydrogen-bond acceptors (Lipinski definition) is 5. The molecule has 3 rings (SSSR count). The van der Waals surface area contributed by atoms with Gasteiger partial charge in [-0.05, 0) is 28.9 Å². The SMILES string of the molecule is CC(C)(C)CC(=O)N[C@@H](CC1CCCCC1)[C@H](O)[C@@H](O)C(=O)N[C@@H](c1ccccc1)[C@H](O)c1ccccc1. The molecule has 1 aliphatic carbocycles. The van der Waals surface area contributed by atoms with Gasteiger partial charge in [-0.2, -0.15) is 0 Å². The molecule has 2 amide bonds. The van der Waals surface area contributed by atoms with E-state index in [1.54, 1.807) is 36.4 Å². The van der Waals surface area contributed by atoms with Gasteiger partial charge in [0.05, 0.1) is 12.1 Å². The summed E-state index contributed by atoms with van der Waals surface area (Å²) in [6.07, 6.45) is 1.79. The third-order valence-corrected chi connectivity index (χ3v) is 7.27. The zero-order chi connectivity index (χ0) is 27.7. The summed E-state index contributed by atoms with van der Waals surface area (Å²) in [5.74, 6) is -0.711. The van der Waals surface area contributed by atoms with Crippen molar-refractivity contribution < 1.29 is 24.9 Å². The van der Waals surface area contributed by atoms with Crippen molar-refractivity contribution in [3.63, 3.8) is 0 Å². The first-order valence-corrected chi connectivity index (χ1v) is 13.8. The molecule has 208 valence electrons. The Kier molecular flexibility index (Phi) is 10.9. The zero-order valence-electron chi connectivity index (χ0n) is 22.8. The predicted molar refractivity (Wildman–Crippen MR) is 148 cm³/mol. The highest BCUT2D eigenvalue weighted by Crippen LogP contribution is 2.31. The summed E-state index contributed by atoms with van der Waals surface area (Å²) in [5.41, 5.74) is 1.04. The number of amides is 2. The van der Waals surface area contributed by atoms with E-state index in [9.17, 15) is 24.9 Å². The molecule has 0 unspecified atom stereocenters. The molecule has 0 radical (unpaired) electrons. The smallest absolute Gasteiger partial charge is 0.252 e. The Labute approximate surface area is 226 Å². The van der Waals surface area contributed by atoms with E-state index in [1.807, 2.05) is 45.0 Å². The minimum atomic E-state index is -1.78. The molecule has 7 nitrogen and oxygen atoms in total. The number of benzene rings is 2. The van der Waals surface area contributed by atoms with Crippen molar-refractivity contribution in [2.24, 2.45) is 11.3 Å². The molecule has 0 aliphatic heterocycles. The molecule has 0 aromatic heterocycles. The van der Waals surface area contributed by atoms with Gasteiger partial charge in [0.2, 0.25) is 5.91 Å². The third-order valence-electron chi connectivity index (χ3n) is 7.27. The normalized spacial score (nSPS) is 18.6. The van der Waals surface area contributed by atoms with Crippen LogP contribution in [0.1, 0.15) is 89.0 Å². The van der Waals surface area contributed by atoms with Crippen molar-refractivity contribution in [2.75, 3.05) is 0 Å². The largest absolute Gasteiger partial charge is 0.388 e. The van der Waals surface area contributed by atoms with Crippen LogP contribution in [0.15, 0.2) is 60.7 Å². The number of aliphatic hydroxyl groups is 3. The fourth-order valence-electron chi connectivity index (χ4n) is 5.27. The Morgan fingerprint density at radius 3 is 1.95 bits per heavy atom. The maximum Gasteiger partial charge on any atom is 0.252 e. The van der Waals surface area contributed by atoms with Crippen molar-refractivity contribution in [3.05, 3.63) is 71.8 Å². The van der Waals surface area contributed by atoms with Gasteiger partial charge in [-0.15, -0.1) is 0 Å².